The van der Waals surface area contributed by atoms with E-state index in [2.05, 4.69) is 0 Å². The zero-order chi connectivity index (χ0) is 9.03. The van der Waals surface area contributed by atoms with Gasteiger partial charge >= 0.3 is 5.97 Å². The third kappa shape index (κ3) is 1.61. The van der Waals surface area contributed by atoms with Crippen LogP contribution in [0.1, 0.15) is 32.1 Å². The van der Waals surface area contributed by atoms with Crippen molar-refractivity contribution in [2.75, 3.05) is 14.2 Å². The summed E-state index contributed by atoms with van der Waals surface area (Å²) in [5.74, 6) is -0.218. The number of rotatable bonds is 2. The monoisotopic (exact) mass is 172 g/mol. The van der Waals surface area contributed by atoms with Gasteiger partial charge in [0.05, 0.1) is 7.11 Å². The number of methoxy groups -OCH3 is 2. The Morgan fingerprint density at radius 1 is 1.17 bits per heavy atom. The second kappa shape index (κ2) is 3.90. The fourth-order valence-electron chi connectivity index (χ4n) is 1.80. The molecule has 0 aromatic heterocycles. The highest BCUT2D eigenvalue weighted by molar-refractivity contribution is 5.79. The van der Waals surface area contributed by atoms with Gasteiger partial charge in [0.2, 0.25) is 0 Å². The van der Waals surface area contributed by atoms with Crippen LogP contribution >= 0.6 is 0 Å². The second-order valence-electron chi connectivity index (χ2n) is 3.25. The summed E-state index contributed by atoms with van der Waals surface area (Å²) >= 11 is 0. The highest BCUT2D eigenvalue weighted by Crippen LogP contribution is 2.31. The molecule has 0 heterocycles. The number of hydrogen-bond donors (Lipinski definition) is 0. The average Bonchev–Trinajstić information content (AvgIpc) is 2.17. The van der Waals surface area contributed by atoms with Crippen LogP contribution in [0.25, 0.3) is 0 Å². The van der Waals surface area contributed by atoms with Crippen LogP contribution in [0.2, 0.25) is 0 Å². The van der Waals surface area contributed by atoms with Crippen LogP contribution in [0.15, 0.2) is 0 Å². The van der Waals surface area contributed by atoms with Crippen molar-refractivity contribution in [1.29, 1.82) is 0 Å². The first-order valence-electron chi connectivity index (χ1n) is 4.39. The van der Waals surface area contributed by atoms with Gasteiger partial charge in [0.1, 0.15) is 0 Å². The van der Waals surface area contributed by atoms with Gasteiger partial charge in [-0.15, -0.1) is 0 Å². The van der Waals surface area contributed by atoms with Crippen LogP contribution in [0.5, 0.6) is 0 Å². The van der Waals surface area contributed by atoms with Crippen LogP contribution < -0.4 is 0 Å². The van der Waals surface area contributed by atoms with E-state index in [-0.39, 0.29) is 5.97 Å². The number of esters is 1. The molecular weight excluding hydrogens is 156 g/mol. The summed E-state index contributed by atoms with van der Waals surface area (Å²) in [4.78, 5) is 11.4. The first kappa shape index (κ1) is 9.52. The fraction of sp³-hybridized carbons (Fsp3) is 0.889. The quantitative estimate of drug-likeness (QED) is 0.592. The molecule has 0 saturated heterocycles. The summed E-state index contributed by atoms with van der Waals surface area (Å²) in [5.41, 5.74) is -0.632. The molecule has 0 amide bonds. The standard InChI is InChI=1S/C9H16O3/c1-11-8(10)9(12-2)6-4-3-5-7-9/h3-7H2,1-2H3. The molecule has 70 valence electrons. The van der Waals surface area contributed by atoms with E-state index < -0.39 is 5.60 Å². The molecule has 0 spiro atoms. The van der Waals surface area contributed by atoms with E-state index in [0.29, 0.717) is 0 Å². The zero-order valence-electron chi connectivity index (χ0n) is 7.76. The number of hydrogen-bond acceptors (Lipinski definition) is 3. The summed E-state index contributed by atoms with van der Waals surface area (Å²) in [6, 6.07) is 0. The van der Waals surface area contributed by atoms with E-state index >= 15 is 0 Å². The average molecular weight is 172 g/mol. The van der Waals surface area contributed by atoms with Gasteiger partial charge in [-0.3, -0.25) is 0 Å². The van der Waals surface area contributed by atoms with Crippen molar-refractivity contribution in [1.82, 2.24) is 0 Å². The molecule has 0 bridgehead atoms. The molecule has 1 rings (SSSR count). The van der Waals surface area contributed by atoms with Crippen molar-refractivity contribution >= 4 is 5.97 Å². The Morgan fingerprint density at radius 3 is 2.17 bits per heavy atom. The van der Waals surface area contributed by atoms with Crippen LogP contribution in [0, 0.1) is 0 Å². The Balaban J connectivity index is 2.66. The lowest BCUT2D eigenvalue weighted by Gasteiger charge is -2.32. The number of ether oxygens (including phenoxy) is 2. The summed E-state index contributed by atoms with van der Waals surface area (Å²) in [6.07, 6.45) is 4.92. The molecule has 1 fully saturated rings. The summed E-state index contributed by atoms with van der Waals surface area (Å²) in [5, 5.41) is 0. The molecule has 3 heteroatoms. The minimum atomic E-state index is -0.632. The van der Waals surface area contributed by atoms with Crippen molar-refractivity contribution in [2.24, 2.45) is 0 Å². The Bertz CT molecular complexity index is 159. The van der Waals surface area contributed by atoms with Crippen molar-refractivity contribution in [3.05, 3.63) is 0 Å². The fourth-order valence-corrected chi connectivity index (χ4v) is 1.80. The molecule has 0 radical (unpaired) electrons. The molecule has 0 N–H and O–H groups in total. The van der Waals surface area contributed by atoms with Crippen molar-refractivity contribution < 1.29 is 14.3 Å². The van der Waals surface area contributed by atoms with Gasteiger partial charge in [-0.25, -0.2) is 4.79 Å². The first-order chi connectivity index (χ1) is 5.75. The van der Waals surface area contributed by atoms with Gasteiger partial charge < -0.3 is 9.47 Å². The lowest BCUT2D eigenvalue weighted by molar-refractivity contribution is -0.170. The molecule has 12 heavy (non-hydrogen) atoms. The van der Waals surface area contributed by atoms with Gasteiger partial charge in [-0.05, 0) is 25.7 Å². The zero-order valence-corrected chi connectivity index (χ0v) is 7.76. The molecule has 0 unspecified atom stereocenters. The van der Waals surface area contributed by atoms with E-state index in [0.717, 1.165) is 25.7 Å². The molecule has 0 aromatic rings. The smallest absolute Gasteiger partial charge is 0.338 e. The Kier molecular flexibility index (Phi) is 3.09. The molecule has 1 aliphatic carbocycles. The summed E-state index contributed by atoms with van der Waals surface area (Å²) < 4.78 is 9.98. The predicted molar refractivity (Wildman–Crippen MR) is 44.8 cm³/mol. The van der Waals surface area contributed by atoms with Gasteiger partial charge in [0, 0.05) is 7.11 Å². The largest absolute Gasteiger partial charge is 0.467 e. The van der Waals surface area contributed by atoms with Crippen LogP contribution in [-0.2, 0) is 14.3 Å². The van der Waals surface area contributed by atoms with Gasteiger partial charge in [0.25, 0.3) is 0 Å². The van der Waals surface area contributed by atoms with Crippen LogP contribution in [-0.4, -0.2) is 25.8 Å². The minimum Gasteiger partial charge on any atom is -0.467 e. The highest BCUT2D eigenvalue weighted by atomic mass is 16.6. The molecule has 3 nitrogen and oxygen atoms in total. The van der Waals surface area contributed by atoms with Gasteiger partial charge in [0.15, 0.2) is 5.60 Å². The molecular formula is C9H16O3. The van der Waals surface area contributed by atoms with Crippen LogP contribution in [0.3, 0.4) is 0 Å². The topological polar surface area (TPSA) is 35.5 Å². The maximum atomic E-state index is 11.4. The lowest BCUT2D eigenvalue weighted by atomic mass is 9.85. The van der Waals surface area contributed by atoms with E-state index in [9.17, 15) is 4.79 Å². The van der Waals surface area contributed by atoms with E-state index in [1.165, 1.54) is 13.5 Å². The third-order valence-electron chi connectivity index (χ3n) is 2.61. The van der Waals surface area contributed by atoms with Gasteiger partial charge in [-0.2, -0.15) is 0 Å². The van der Waals surface area contributed by atoms with E-state index in [4.69, 9.17) is 9.47 Å². The Hall–Kier alpha value is -0.570. The minimum absolute atomic E-state index is 0.218. The number of carbonyl (C=O) groups excluding carboxylic acids is 1. The summed E-state index contributed by atoms with van der Waals surface area (Å²) in [7, 11) is 3.00. The second-order valence-corrected chi connectivity index (χ2v) is 3.25. The van der Waals surface area contributed by atoms with Crippen molar-refractivity contribution in [3.63, 3.8) is 0 Å². The third-order valence-corrected chi connectivity index (χ3v) is 2.61. The number of carbonyl (C=O) groups is 1. The van der Waals surface area contributed by atoms with E-state index in [1.807, 2.05) is 0 Å². The molecule has 0 aliphatic heterocycles. The molecule has 1 aliphatic rings. The molecule has 0 atom stereocenters. The van der Waals surface area contributed by atoms with Crippen molar-refractivity contribution in [2.45, 2.75) is 37.7 Å². The lowest BCUT2D eigenvalue weighted by Crippen LogP contribution is -2.43. The SMILES string of the molecule is COC(=O)C1(OC)CCCCC1. The van der Waals surface area contributed by atoms with Crippen LogP contribution in [0.4, 0.5) is 0 Å². The summed E-state index contributed by atoms with van der Waals surface area (Å²) in [6.45, 7) is 0. The highest BCUT2D eigenvalue weighted by Gasteiger charge is 2.40. The normalized spacial score (nSPS) is 21.8. The Morgan fingerprint density at radius 2 is 1.75 bits per heavy atom. The molecule has 1 saturated carbocycles. The Labute approximate surface area is 73.0 Å². The predicted octanol–water partition coefficient (Wildman–Crippen LogP) is 1.51. The van der Waals surface area contributed by atoms with E-state index in [1.54, 1.807) is 7.11 Å². The molecule has 0 aromatic carbocycles. The van der Waals surface area contributed by atoms with Crippen molar-refractivity contribution in [3.8, 4) is 0 Å². The maximum Gasteiger partial charge on any atom is 0.338 e. The maximum absolute atomic E-state index is 11.4. The van der Waals surface area contributed by atoms with Gasteiger partial charge in [-0.1, -0.05) is 6.42 Å². The first-order valence-corrected chi connectivity index (χ1v) is 4.39.